The molecule has 1 N–H and O–H groups in total. The Labute approximate surface area is 81.5 Å². The van der Waals surface area contributed by atoms with Crippen LogP contribution in [0, 0.1) is 11.3 Å². The highest BCUT2D eigenvalue weighted by atomic mass is 16.5. The summed E-state index contributed by atoms with van der Waals surface area (Å²) in [6.07, 6.45) is 4.56. The van der Waals surface area contributed by atoms with E-state index in [4.69, 9.17) is 10.00 Å². The number of hydrogen-bond donors (Lipinski definition) is 1. The van der Waals surface area contributed by atoms with Crippen LogP contribution in [0.1, 0.15) is 23.6 Å². The van der Waals surface area contributed by atoms with Crippen molar-refractivity contribution >= 4 is 0 Å². The van der Waals surface area contributed by atoms with Crippen molar-refractivity contribution in [3.8, 4) is 11.8 Å². The first-order valence-electron chi connectivity index (χ1n) is 4.66. The molecule has 2 bridgehead atoms. The Morgan fingerprint density at radius 3 is 3.36 bits per heavy atom. The SMILES string of the molecule is N#Cc1cncc2c1O[C@@H]1CN[C@H]2C1. The Hall–Kier alpha value is -1.60. The molecular weight excluding hydrogens is 178 g/mol. The fraction of sp³-hybridized carbons (Fsp3) is 0.400. The number of aromatic nitrogens is 1. The zero-order valence-corrected chi connectivity index (χ0v) is 7.53. The third-order valence-electron chi connectivity index (χ3n) is 2.79. The molecule has 0 spiro atoms. The van der Waals surface area contributed by atoms with E-state index in [2.05, 4.69) is 16.4 Å². The molecule has 3 rings (SSSR count). The first kappa shape index (κ1) is 7.77. The number of nitriles is 1. The van der Waals surface area contributed by atoms with Gasteiger partial charge in [0, 0.05) is 37.0 Å². The molecule has 2 aliphatic heterocycles. The predicted molar refractivity (Wildman–Crippen MR) is 48.7 cm³/mol. The first-order valence-corrected chi connectivity index (χ1v) is 4.66. The summed E-state index contributed by atoms with van der Waals surface area (Å²) < 4.78 is 5.72. The molecule has 70 valence electrons. The fourth-order valence-electron chi connectivity index (χ4n) is 2.12. The third kappa shape index (κ3) is 0.932. The van der Waals surface area contributed by atoms with E-state index in [1.54, 1.807) is 12.4 Å². The summed E-state index contributed by atoms with van der Waals surface area (Å²) in [6, 6.07) is 2.43. The standard InChI is InChI=1S/C10H9N3O/c11-2-6-3-12-5-8-9-1-7(4-13-9)14-10(6)8/h3,5,7,9,13H,1,4H2/t7-,9-/m0/s1. The molecular formula is C10H9N3O. The highest BCUT2D eigenvalue weighted by Gasteiger charge is 2.35. The number of rotatable bonds is 0. The van der Waals surface area contributed by atoms with Crippen LogP contribution in [0.2, 0.25) is 0 Å². The highest BCUT2D eigenvalue weighted by Crippen LogP contribution is 2.39. The lowest BCUT2D eigenvalue weighted by Crippen LogP contribution is -2.20. The van der Waals surface area contributed by atoms with Crippen molar-refractivity contribution in [1.82, 2.24) is 10.3 Å². The Bertz CT molecular complexity index is 424. The maximum atomic E-state index is 8.90. The van der Waals surface area contributed by atoms with Gasteiger partial charge >= 0.3 is 0 Å². The van der Waals surface area contributed by atoms with E-state index in [1.165, 1.54) is 0 Å². The Morgan fingerprint density at radius 1 is 1.57 bits per heavy atom. The van der Waals surface area contributed by atoms with Gasteiger partial charge in [-0.1, -0.05) is 0 Å². The molecule has 1 aromatic heterocycles. The molecule has 0 aliphatic carbocycles. The lowest BCUT2D eigenvalue weighted by Gasteiger charge is -2.23. The quantitative estimate of drug-likeness (QED) is 0.651. The molecule has 0 aromatic carbocycles. The van der Waals surface area contributed by atoms with Crippen molar-refractivity contribution in [2.24, 2.45) is 0 Å². The van der Waals surface area contributed by atoms with E-state index in [9.17, 15) is 0 Å². The molecule has 14 heavy (non-hydrogen) atoms. The minimum atomic E-state index is 0.224. The van der Waals surface area contributed by atoms with Crippen molar-refractivity contribution < 1.29 is 4.74 Å². The molecule has 0 unspecified atom stereocenters. The van der Waals surface area contributed by atoms with Crippen LogP contribution in [0.5, 0.6) is 5.75 Å². The molecule has 2 aliphatic rings. The summed E-state index contributed by atoms with van der Waals surface area (Å²) >= 11 is 0. The second-order valence-electron chi connectivity index (χ2n) is 3.65. The van der Waals surface area contributed by atoms with Crippen molar-refractivity contribution in [2.45, 2.75) is 18.6 Å². The maximum absolute atomic E-state index is 8.90. The number of nitrogens with zero attached hydrogens (tertiary/aromatic N) is 2. The number of fused-ring (bicyclic) bond motifs is 4. The molecule has 0 saturated carbocycles. The normalized spacial score (nSPS) is 27.6. The van der Waals surface area contributed by atoms with E-state index >= 15 is 0 Å². The van der Waals surface area contributed by atoms with Gasteiger partial charge in [-0.2, -0.15) is 5.26 Å². The summed E-state index contributed by atoms with van der Waals surface area (Å²) in [4.78, 5) is 4.04. The molecule has 4 heteroatoms. The molecule has 0 radical (unpaired) electrons. The van der Waals surface area contributed by atoms with Crippen molar-refractivity contribution in [1.29, 1.82) is 5.26 Å². The molecule has 1 aromatic rings. The summed E-state index contributed by atoms with van der Waals surface area (Å²) in [5.74, 6) is 0.730. The van der Waals surface area contributed by atoms with E-state index < -0.39 is 0 Å². The fourth-order valence-corrected chi connectivity index (χ4v) is 2.12. The van der Waals surface area contributed by atoms with Gasteiger partial charge in [0.05, 0.1) is 0 Å². The van der Waals surface area contributed by atoms with Crippen LogP contribution in [-0.2, 0) is 0 Å². The Morgan fingerprint density at radius 2 is 2.50 bits per heavy atom. The lowest BCUT2D eigenvalue weighted by molar-refractivity contribution is 0.203. The number of ether oxygens (including phenoxy) is 1. The van der Waals surface area contributed by atoms with Crippen molar-refractivity contribution in [3.05, 3.63) is 23.5 Å². The first-order chi connectivity index (χ1) is 6.88. The average Bonchev–Trinajstić information content (AvgIpc) is 2.61. The van der Waals surface area contributed by atoms with Crippen LogP contribution >= 0.6 is 0 Å². The van der Waals surface area contributed by atoms with Gasteiger partial charge in [0.1, 0.15) is 23.5 Å². The van der Waals surface area contributed by atoms with Gasteiger partial charge in [-0.15, -0.1) is 0 Å². The highest BCUT2D eigenvalue weighted by molar-refractivity contribution is 5.49. The topological polar surface area (TPSA) is 57.9 Å². The van der Waals surface area contributed by atoms with Gasteiger partial charge in [0.15, 0.2) is 0 Å². The smallest absolute Gasteiger partial charge is 0.145 e. The van der Waals surface area contributed by atoms with Gasteiger partial charge in [-0.05, 0) is 0 Å². The van der Waals surface area contributed by atoms with Gasteiger partial charge in [0.25, 0.3) is 0 Å². The number of pyridine rings is 1. The van der Waals surface area contributed by atoms with Gasteiger partial charge in [0.2, 0.25) is 0 Å². The van der Waals surface area contributed by atoms with Crippen LogP contribution < -0.4 is 10.1 Å². The van der Waals surface area contributed by atoms with Crippen LogP contribution in [0.3, 0.4) is 0 Å². The summed E-state index contributed by atoms with van der Waals surface area (Å²) in [6.45, 7) is 0.865. The summed E-state index contributed by atoms with van der Waals surface area (Å²) in [5.41, 5.74) is 1.57. The van der Waals surface area contributed by atoms with Crippen molar-refractivity contribution in [3.63, 3.8) is 0 Å². The molecule has 4 nitrogen and oxygen atoms in total. The Balaban J connectivity index is 2.18. The monoisotopic (exact) mass is 187 g/mol. The largest absolute Gasteiger partial charge is 0.487 e. The van der Waals surface area contributed by atoms with E-state index in [1.807, 2.05) is 0 Å². The van der Waals surface area contributed by atoms with E-state index in [0.717, 1.165) is 24.3 Å². The van der Waals surface area contributed by atoms with Crippen LogP contribution in [0.15, 0.2) is 12.4 Å². The van der Waals surface area contributed by atoms with Crippen LogP contribution in [0.25, 0.3) is 0 Å². The Kier molecular flexibility index (Phi) is 1.49. The second-order valence-corrected chi connectivity index (χ2v) is 3.65. The van der Waals surface area contributed by atoms with Gasteiger partial charge in [-0.25, -0.2) is 0 Å². The second kappa shape index (κ2) is 2.69. The molecule has 3 heterocycles. The summed E-state index contributed by atoms with van der Waals surface area (Å²) in [5, 5.41) is 12.2. The molecule has 2 atom stereocenters. The lowest BCUT2D eigenvalue weighted by atomic mass is 10.0. The minimum Gasteiger partial charge on any atom is -0.487 e. The average molecular weight is 187 g/mol. The maximum Gasteiger partial charge on any atom is 0.145 e. The van der Waals surface area contributed by atoms with Crippen molar-refractivity contribution in [2.75, 3.05) is 6.54 Å². The summed E-state index contributed by atoms with van der Waals surface area (Å²) in [7, 11) is 0. The van der Waals surface area contributed by atoms with Gasteiger partial charge in [-0.3, -0.25) is 4.98 Å². The third-order valence-corrected chi connectivity index (χ3v) is 2.79. The van der Waals surface area contributed by atoms with E-state index in [0.29, 0.717) is 11.6 Å². The minimum absolute atomic E-state index is 0.224. The zero-order chi connectivity index (χ0) is 9.54. The zero-order valence-electron chi connectivity index (χ0n) is 7.53. The number of hydrogen-bond acceptors (Lipinski definition) is 4. The molecule has 1 saturated heterocycles. The van der Waals surface area contributed by atoms with E-state index in [-0.39, 0.29) is 6.10 Å². The molecule has 1 fully saturated rings. The number of nitrogens with one attached hydrogen (secondary N) is 1. The van der Waals surface area contributed by atoms with Crippen LogP contribution in [0.4, 0.5) is 0 Å². The molecule has 0 amide bonds. The predicted octanol–water partition coefficient (Wildman–Crippen LogP) is 0.749. The van der Waals surface area contributed by atoms with Crippen LogP contribution in [-0.4, -0.2) is 17.6 Å². The van der Waals surface area contributed by atoms with Gasteiger partial charge < -0.3 is 10.1 Å².